The Morgan fingerprint density at radius 1 is 1.32 bits per heavy atom. The van der Waals surface area contributed by atoms with Crippen molar-refractivity contribution in [2.75, 3.05) is 7.11 Å². The van der Waals surface area contributed by atoms with Gasteiger partial charge in [0.1, 0.15) is 5.75 Å². The highest BCUT2D eigenvalue weighted by Crippen LogP contribution is 2.34. The van der Waals surface area contributed by atoms with Gasteiger partial charge in [0.05, 0.1) is 12.7 Å². The first-order chi connectivity index (χ1) is 8.84. The summed E-state index contributed by atoms with van der Waals surface area (Å²) in [6, 6.07) is 3.61. The van der Waals surface area contributed by atoms with E-state index < -0.39 is 17.7 Å². The number of alkyl halides is 3. The fourth-order valence-corrected chi connectivity index (χ4v) is 1.77. The highest BCUT2D eigenvalue weighted by atomic mass is 19.4. The summed E-state index contributed by atoms with van der Waals surface area (Å²) < 4.78 is 43.3. The summed E-state index contributed by atoms with van der Waals surface area (Å²) >= 11 is 0. The first-order valence-electron chi connectivity index (χ1n) is 5.80. The zero-order valence-electron chi connectivity index (χ0n) is 10.5. The van der Waals surface area contributed by atoms with Gasteiger partial charge in [-0.25, -0.2) is 0 Å². The molecule has 6 heteroatoms. The predicted molar refractivity (Wildman–Crippen MR) is 63.2 cm³/mol. The molecule has 1 N–H and O–H groups in total. The normalized spacial score (nSPS) is 11.4. The Balaban J connectivity index is 2.80. The fourth-order valence-electron chi connectivity index (χ4n) is 1.77. The molecule has 19 heavy (non-hydrogen) atoms. The lowest BCUT2D eigenvalue weighted by molar-refractivity contribution is -0.139. The Kier molecular flexibility index (Phi) is 5.20. The molecule has 0 amide bonds. The van der Waals surface area contributed by atoms with Gasteiger partial charge in [-0.15, -0.1) is 0 Å². The molecule has 0 atom stereocenters. The molecular formula is C13H15F3O3. The number of rotatable bonds is 6. The van der Waals surface area contributed by atoms with Gasteiger partial charge < -0.3 is 9.84 Å². The molecule has 0 unspecified atom stereocenters. The van der Waals surface area contributed by atoms with Crippen LogP contribution in [0.5, 0.6) is 5.75 Å². The van der Waals surface area contributed by atoms with Crippen molar-refractivity contribution in [3.05, 3.63) is 29.3 Å². The van der Waals surface area contributed by atoms with Gasteiger partial charge in [0.15, 0.2) is 0 Å². The van der Waals surface area contributed by atoms with E-state index in [-0.39, 0.29) is 18.4 Å². The molecule has 0 spiro atoms. The molecule has 0 fully saturated rings. The smallest absolute Gasteiger partial charge is 0.416 e. The van der Waals surface area contributed by atoms with Crippen molar-refractivity contribution in [3.8, 4) is 5.75 Å². The van der Waals surface area contributed by atoms with Crippen LogP contribution in [-0.2, 0) is 17.4 Å². The number of hydrogen-bond donors (Lipinski definition) is 1. The molecule has 0 bridgehead atoms. The second-order valence-electron chi connectivity index (χ2n) is 4.12. The van der Waals surface area contributed by atoms with E-state index in [9.17, 15) is 18.0 Å². The van der Waals surface area contributed by atoms with Crippen LogP contribution in [0.2, 0.25) is 0 Å². The second kappa shape index (κ2) is 6.45. The van der Waals surface area contributed by atoms with Crippen molar-refractivity contribution in [2.45, 2.75) is 31.9 Å². The first kappa shape index (κ1) is 15.3. The molecular weight excluding hydrogens is 261 g/mol. The van der Waals surface area contributed by atoms with Gasteiger partial charge in [0.2, 0.25) is 0 Å². The van der Waals surface area contributed by atoms with Crippen molar-refractivity contribution in [3.63, 3.8) is 0 Å². The van der Waals surface area contributed by atoms with Crippen molar-refractivity contribution >= 4 is 5.97 Å². The van der Waals surface area contributed by atoms with E-state index in [0.717, 1.165) is 6.07 Å². The maximum absolute atomic E-state index is 12.8. The summed E-state index contributed by atoms with van der Waals surface area (Å²) in [7, 11) is 1.39. The summed E-state index contributed by atoms with van der Waals surface area (Å²) in [6.45, 7) is 0. The highest BCUT2D eigenvalue weighted by molar-refractivity contribution is 5.66. The van der Waals surface area contributed by atoms with E-state index in [4.69, 9.17) is 9.84 Å². The maximum Gasteiger partial charge on any atom is 0.416 e. The molecule has 0 heterocycles. The Hall–Kier alpha value is -1.72. The van der Waals surface area contributed by atoms with Gasteiger partial charge in [-0.2, -0.15) is 13.2 Å². The molecule has 0 radical (unpaired) electrons. The number of carbonyl (C=O) groups is 1. The number of methoxy groups -OCH3 is 1. The number of halogens is 3. The van der Waals surface area contributed by atoms with Crippen LogP contribution in [0.25, 0.3) is 0 Å². The van der Waals surface area contributed by atoms with Crippen LogP contribution in [0.4, 0.5) is 13.2 Å². The Bertz CT molecular complexity index is 441. The molecule has 0 aliphatic rings. The Labute approximate surface area is 109 Å². The van der Waals surface area contributed by atoms with Gasteiger partial charge >= 0.3 is 12.1 Å². The van der Waals surface area contributed by atoms with Crippen molar-refractivity contribution < 1.29 is 27.8 Å². The summed E-state index contributed by atoms with van der Waals surface area (Å²) in [5.41, 5.74) is -0.555. The van der Waals surface area contributed by atoms with Crippen LogP contribution in [0, 0.1) is 0 Å². The number of benzene rings is 1. The molecule has 0 aliphatic heterocycles. The summed E-state index contributed by atoms with van der Waals surface area (Å²) in [6.07, 6.45) is -3.52. The van der Waals surface area contributed by atoms with Crippen molar-refractivity contribution in [1.29, 1.82) is 0 Å². The van der Waals surface area contributed by atoms with E-state index in [1.54, 1.807) is 0 Å². The standard InChI is InChI=1S/C13H15F3O3/c1-19-10-6-7-11(13(14,15)16)9(8-10)4-2-3-5-12(17)18/h6-8H,2-5H2,1H3,(H,17,18). The molecule has 106 valence electrons. The number of unbranched alkanes of at least 4 members (excludes halogenated alkanes) is 1. The molecule has 0 saturated heterocycles. The van der Waals surface area contributed by atoms with Crippen LogP contribution in [-0.4, -0.2) is 18.2 Å². The quantitative estimate of drug-likeness (QED) is 0.809. The van der Waals surface area contributed by atoms with Crippen LogP contribution < -0.4 is 4.74 Å². The largest absolute Gasteiger partial charge is 0.497 e. The molecule has 1 aromatic rings. The van der Waals surface area contributed by atoms with Gasteiger partial charge in [-0.3, -0.25) is 4.79 Å². The number of aryl methyl sites for hydroxylation is 1. The van der Waals surface area contributed by atoms with Crippen molar-refractivity contribution in [1.82, 2.24) is 0 Å². The third-order valence-corrected chi connectivity index (χ3v) is 2.70. The average Bonchev–Trinajstić information content (AvgIpc) is 2.32. The van der Waals surface area contributed by atoms with Gasteiger partial charge in [0.25, 0.3) is 0 Å². The summed E-state index contributed by atoms with van der Waals surface area (Å²) in [5.74, 6) is -0.581. The molecule has 0 aliphatic carbocycles. The van der Waals surface area contributed by atoms with Crippen LogP contribution in [0.15, 0.2) is 18.2 Å². The van der Waals surface area contributed by atoms with Gasteiger partial charge in [-0.1, -0.05) is 0 Å². The number of aliphatic carboxylic acids is 1. The first-order valence-corrected chi connectivity index (χ1v) is 5.80. The summed E-state index contributed by atoms with van der Waals surface area (Å²) in [4.78, 5) is 10.3. The minimum absolute atomic E-state index is 0.0364. The van der Waals surface area contributed by atoms with Crippen LogP contribution >= 0.6 is 0 Å². The zero-order chi connectivity index (χ0) is 14.5. The Morgan fingerprint density at radius 2 is 2.00 bits per heavy atom. The lowest BCUT2D eigenvalue weighted by atomic mass is 10.0. The molecule has 1 aromatic carbocycles. The Morgan fingerprint density at radius 3 is 2.53 bits per heavy atom. The molecule has 1 rings (SSSR count). The number of carboxylic acid groups (broad SMARTS) is 1. The third-order valence-electron chi connectivity index (χ3n) is 2.70. The molecule has 3 nitrogen and oxygen atoms in total. The van der Waals surface area contributed by atoms with E-state index in [0.29, 0.717) is 18.6 Å². The minimum Gasteiger partial charge on any atom is -0.497 e. The van der Waals surface area contributed by atoms with Gasteiger partial charge in [-0.05, 0) is 43.0 Å². The lowest BCUT2D eigenvalue weighted by Gasteiger charge is -2.14. The zero-order valence-corrected chi connectivity index (χ0v) is 10.5. The van der Waals surface area contributed by atoms with Crippen molar-refractivity contribution in [2.24, 2.45) is 0 Å². The molecule has 0 aromatic heterocycles. The molecule has 0 saturated carbocycles. The van der Waals surface area contributed by atoms with Crippen LogP contribution in [0.1, 0.15) is 30.4 Å². The highest BCUT2D eigenvalue weighted by Gasteiger charge is 2.33. The van der Waals surface area contributed by atoms with Crippen LogP contribution in [0.3, 0.4) is 0 Å². The topological polar surface area (TPSA) is 46.5 Å². The monoisotopic (exact) mass is 276 g/mol. The number of ether oxygens (including phenoxy) is 1. The SMILES string of the molecule is COc1ccc(C(F)(F)F)c(CCCCC(=O)O)c1. The maximum atomic E-state index is 12.8. The van der Waals surface area contributed by atoms with Gasteiger partial charge in [0, 0.05) is 6.42 Å². The third kappa shape index (κ3) is 4.81. The average molecular weight is 276 g/mol. The lowest BCUT2D eigenvalue weighted by Crippen LogP contribution is -2.09. The number of carboxylic acids is 1. The van der Waals surface area contributed by atoms with E-state index >= 15 is 0 Å². The second-order valence-corrected chi connectivity index (χ2v) is 4.12. The number of hydrogen-bond acceptors (Lipinski definition) is 2. The van der Waals surface area contributed by atoms with E-state index in [2.05, 4.69) is 0 Å². The minimum atomic E-state index is -4.41. The summed E-state index contributed by atoms with van der Waals surface area (Å²) in [5, 5.41) is 8.48. The fraction of sp³-hybridized carbons (Fsp3) is 0.462. The predicted octanol–water partition coefficient (Wildman–Crippen LogP) is 3.51. The van der Waals surface area contributed by atoms with E-state index in [1.807, 2.05) is 0 Å². The van der Waals surface area contributed by atoms with E-state index in [1.165, 1.54) is 19.2 Å².